The molecule has 3 aromatic rings. The highest BCUT2D eigenvalue weighted by Gasteiger charge is 2.36. The van der Waals surface area contributed by atoms with Crippen LogP contribution in [0.3, 0.4) is 0 Å². The van der Waals surface area contributed by atoms with Crippen LogP contribution in [-0.2, 0) is 4.79 Å². The predicted octanol–water partition coefficient (Wildman–Crippen LogP) is 5.49. The summed E-state index contributed by atoms with van der Waals surface area (Å²) in [6, 6.07) is 22.3. The number of ether oxygens (including phenoxy) is 1. The maximum atomic E-state index is 12.9. The number of para-hydroxylation sites is 3. The van der Waals surface area contributed by atoms with Crippen LogP contribution in [0.4, 0.5) is 11.4 Å². The van der Waals surface area contributed by atoms with Gasteiger partial charge in [0.05, 0.1) is 24.1 Å². The lowest BCUT2D eigenvalue weighted by molar-refractivity contribution is -0.115. The summed E-state index contributed by atoms with van der Waals surface area (Å²) in [5.74, 6) is 0.775. The van der Waals surface area contributed by atoms with E-state index in [2.05, 4.69) is 21.2 Å². The van der Waals surface area contributed by atoms with Gasteiger partial charge in [-0.1, -0.05) is 42.5 Å². The molecule has 1 atom stereocenters. The van der Waals surface area contributed by atoms with Crippen LogP contribution in [0, 0.1) is 0 Å². The van der Waals surface area contributed by atoms with Crippen molar-refractivity contribution in [1.82, 2.24) is 0 Å². The third-order valence-corrected chi connectivity index (χ3v) is 6.69. The van der Waals surface area contributed by atoms with Gasteiger partial charge in [0.1, 0.15) is 11.1 Å². The quantitative estimate of drug-likeness (QED) is 0.522. The van der Waals surface area contributed by atoms with E-state index < -0.39 is 0 Å². The summed E-state index contributed by atoms with van der Waals surface area (Å²) in [5.41, 5.74) is 2.79. The molecule has 1 fully saturated rings. The number of carbonyl (C=O) groups is 2. The molecule has 0 saturated carbocycles. The third kappa shape index (κ3) is 3.95. The zero-order chi connectivity index (χ0) is 21.1. The molecule has 1 heterocycles. The number of nitrogens with zero attached hydrogens (tertiary/aromatic N) is 1. The van der Waals surface area contributed by atoms with Crippen molar-refractivity contribution in [3.63, 3.8) is 0 Å². The first kappa shape index (κ1) is 20.5. The van der Waals surface area contributed by atoms with Gasteiger partial charge in [0.25, 0.3) is 5.91 Å². The second-order valence-electron chi connectivity index (χ2n) is 6.62. The molecular weight excluding hydrogens is 464 g/mol. The Balaban J connectivity index is 1.70. The number of hydrogen-bond donors (Lipinski definition) is 1. The molecule has 2 amide bonds. The largest absolute Gasteiger partial charge is 0.495 e. The van der Waals surface area contributed by atoms with Gasteiger partial charge >= 0.3 is 0 Å². The number of rotatable bonds is 5. The Morgan fingerprint density at radius 3 is 2.57 bits per heavy atom. The summed E-state index contributed by atoms with van der Waals surface area (Å²) >= 11 is 4.95. The first-order valence-corrected chi connectivity index (χ1v) is 11.2. The van der Waals surface area contributed by atoms with Gasteiger partial charge in [0, 0.05) is 15.7 Å². The lowest BCUT2D eigenvalue weighted by atomic mass is 10.1. The van der Waals surface area contributed by atoms with Crippen molar-refractivity contribution in [3.05, 3.63) is 88.4 Å². The Kier molecular flexibility index (Phi) is 6.11. The maximum Gasteiger partial charge on any atom is 0.256 e. The van der Waals surface area contributed by atoms with Crippen LogP contribution in [0.2, 0.25) is 0 Å². The molecule has 1 aliphatic heterocycles. The van der Waals surface area contributed by atoms with Gasteiger partial charge in [0.2, 0.25) is 5.91 Å². The highest BCUT2D eigenvalue weighted by atomic mass is 79.9. The Morgan fingerprint density at radius 2 is 1.77 bits per heavy atom. The number of hydrogen-bond acceptors (Lipinski definition) is 4. The van der Waals surface area contributed by atoms with Gasteiger partial charge in [0.15, 0.2) is 0 Å². The van der Waals surface area contributed by atoms with Gasteiger partial charge in [-0.3, -0.25) is 14.5 Å². The number of nitrogens with one attached hydrogen (secondary N) is 1. The Bertz CT molecular complexity index is 1110. The molecule has 1 N–H and O–H groups in total. The van der Waals surface area contributed by atoms with Gasteiger partial charge in [-0.2, -0.15) is 0 Å². The molecule has 152 valence electrons. The number of thioether (sulfide) groups is 1. The predicted molar refractivity (Wildman–Crippen MR) is 124 cm³/mol. The zero-order valence-corrected chi connectivity index (χ0v) is 18.6. The van der Waals surface area contributed by atoms with E-state index in [4.69, 9.17) is 4.74 Å². The minimum Gasteiger partial charge on any atom is -0.495 e. The average molecular weight is 483 g/mol. The van der Waals surface area contributed by atoms with E-state index in [1.807, 2.05) is 66.7 Å². The van der Waals surface area contributed by atoms with E-state index in [1.165, 1.54) is 11.8 Å². The lowest BCUT2D eigenvalue weighted by Crippen LogP contribution is -2.29. The Hall–Kier alpha value is -2.77. The minimum atomic E-state index is -0.274. The molecule has 0 spiro atoms. The number of halogens is 1. The summed E-state index contributed by atoms with van der Waals surface area (Å²) in [4.78, 5) is 27.4. The van der Waals surface area contributed by atoms with Crippen LogP contribution in [0.25, 0.3) is 0 Å². The summed E-state index contributed by atoms with van der Waals surface area (Å²) < 4.78 is 6.20. The van der Waals surface area contributed by atoms with Gasteiger partial charge < -0.3 is 10.1 Å². The number of anilines is 2. The topological polar surface area (TPSA) is 58.6 Å². The first-order valence-electron chi connectivity index (χ1n) is 9.31. The van der Waals surface area contributed by atoms with Crippen LogP contribution in [0.15, 0.2) is 77.3 Å². The SMILES string of the molecule is COc1ccccc1N1C(=O)CS[C@H]1c1ccccc1NC(=O)c1ccccc1Br. The van der Waals surface area contributed by atoms with E-state index in [9.17, 15) is 9.59 Å². The van der Waals surface area contributed by atoms with Crippen molar-refractivity contribution in [2.75, 3.05) is 23.1 Å². The van der Waals surface area contributed by atoms with Crippen molar-refractivity contribution in [3.8, 4) is 5.75 Å². The third-order valence-electron chi connectivity index (χ3n) is 4.81. The van der Waals surface area contributed by atoms with Crippen molar-refractivity contribution >= 4 is 50.9 Å². The fraction of sp³-hybridized carbons (Fsp3) is 0.130. The molecule has 0 aromatic heterocycles. The molecule has 1 aliphatic rings. The fourth-order valence-electron chi connectivity index (χ4n) is 3.40. The molecule has 0 aliphatic carbocycles. The van der Waals surface area contributed by atoms with E-state index >= 15 is 0 Å². The smallest absolute Gasteiger partial charge is 0.256 e. The summed E-state index contributed by atoms with van der Waals surface area (Å²) in [6.45, 7) is 0. The summed E-state index contributed by atoms with van der Waals surface area (Å²) in [5, 5.41) is 2.73. The van der Waals surface area contributed by atoms with E-state index in [0.717, 1.165) is 10.0 Å². The molecule has 0 bridgehead atoms. The van der Waals surface area contributed by atoms with Crippen LogP contribution in [0.1, 0.15) is 21.3 Å². The highest BCUT2D eigenvalue weighted by molar-refractivity contribution is 9.10. The van der Waals surface area contributed by atoms with E-state index in [-0.39, 0.29) is 17.2 Å². The van der Waals surface area contributed by atoms with Crippen molar-refractivity contribution < 1.29 is 14.3 Å². The number of benzene rings is 3. The molecule has 0 unspecified atom stereocenters. The van der Waals surface area contributed by atoms with Crippen molar-refractivity contribution in [1.29, 1.82) is 0 Å². The summed E-state index contributed by atoms with van der Waals surface area (Å²) in [6.07, 6.45) is 0. The molecule has 4 rings (SSSR count). The van der Waals surface area contributed by atoms with Crippen LogP contribution in [0.5, 0.6) is 5.75 Å². The van der Waals surface area contributed by atoms with Gasteiger partial charge in [-0.15, -0.1) is 11.8 Å². The van der Waals surface area contributed by atoms with Crippen LogP contribution >= 0.6 is 27.7 Å². The van der Waals surface area contributed by atoms with Crippen LogP contribution < -0.4 is 15.0 Å². The number of methoxy groups -OCH3 is 1. The van der Waals surface area contributed by atoms with Crippen molar-refractivity contribution in [2.24, 2.45) is 0 Å². The standard InChI is InChI=1S/C23H19BrN2O3S/c1-29-20-13-7-6-12-19(20)26-21(27)14-30-23(26)16-9-3-5-11-18(16)25-22(28)15-8-2-4-10-17(15)24/h2-13,23H,14H2,1H3,(H,25,28)/t23-/m0/s1. The van der Waals surface area contributed by atoms with E-state index in [0.29, 0.717) is 28.4 Å². The monoisotopic (exact) mass is 482 g/mol. The van der Waals surface area contributed by atoms with Gasteiger partial charge in [-0.25, -0.2) is 0 Å². The zero-order valence-electron chi connectivity index (χ0n) is 16.2. The Labute approximate surface area is 187 Å². The molecule has 1 saturated heterocycles. The highest BCUT2D eigenvalue weighted by Crippen LogP contribution is 2.46. The second-order valence-corrected chi connectivity index (χ2v) is 8.54. The second kappa shape index (κ2) is 8.93. The van der Waals surface area contributed by atoms with Crippen molar-refractivity contribution in [2.45, 2.75) is 5.37 Å². The van der Waals surface area contributed by atoms with Gasteiger partial charge in [-0.05, 0) is 46.3 Å². The average Bonchev–Trinajstić information content (AvgIpc) is 3.15. The van der Waals surface area contributed by atoms with Crippen LogP contribution in [-0.4, -0.2) is 24.7 Å². The molecule has 0 radical (unpaired) electrons. The maximum absolute atomic E-state index is 12.9. The molecule has 3 aromatic carbocycles. The number of amides is 2. The minimum absolute atomic E-state index is 0.00133. The molecule has 5 nitrogen and oxygen atoms in total. The lowest BCUT2D eigenvalue weighted by Gasteiger charge is -2.27. The Morgan fingerprint density at radius 1 is 1.07 bits per heavy atom. The summed E-state index contributed by atoms with van der Waals surface area (Å²) in [7, 11) is 1.59. The van der Waals surface area contributed by atoms with E-state index in [1.54, 1.807) is 18.1 Å². The number of carbonyl (C=O) groups excluding carboxylic acids is 2. The molecule has 7 heteroatoms. The normalized spacial score (nSPS) is 15.9. The fourth-order valence-corrected chi connectivity index (χ4v) is 5.07. The first-order chi connectivity index (χ1) is 14.6. The molecule has 30 heavy (non-hydrogen) atoms. The molecular formula is C23H19BrN2O3S.